The van der Waals surface area contributed by atoms with Crippen LogP contribution in [0, 0.1) is 0 Å². The van der Waals surface area contributed by atoms with E-state index in [1.807, 2.05) is 23.7 Å². The maximum Gasteiger partial charge on any atom is 0.252 e. The van der Waals surface area contributed by atoms with E-state index in [-0.39, 0.29) is 0 Å². The van der Waals surface area contributed by atoms with Gasteiger partial charge in [0.25, 0.3) is 5.78 Å². The molecule has 4 rings (SSSR count). The van der Waals surface area contributed by atoms with E-state index >= 15 is 0 Å². The number of hydrogen-bond acceptors (Lipinski definition) is 5. The summed E-state index contributed by atoms with van der Waals surface area (Å²) < 4.78 is 1.71. The van der Waals surface area contributed by atoms with Crippen molar-refractivity contribution >= 4 is 17.1 Å². The minimum atomic E-state index is 0.640. The van der Waals surface area contributed by atoms with Gasteiger partial charge in [-0.15, -0.1) is 11.3 Å². The smallest absolute Gasteiger partial charge is 0.252 e. The highest BCUT2D eigenvalue weighted by Crippen LogP contribution is 2.32. The fourth-order valence-corrected chi connectivity index (χ4v) is 3.40. The molecule has 3 aromatic heterocycles. The molecule has 0 saturated carbocycles. The summed E-state index contributed by atoms with van der Waals surface area (Å²) in [6.45, 7) is 2.05. The van der Waals surface area contributed by atoms with Crippen molar-refractivity contribution < 1.29 is 0 Å². The molecule has 18 heavy (non-hydrogen) atoms. The van der Waals surface area contributed by atoms with Gasteiger partial charge < -0.3 is 5.32 Å². The van der Waals surface area contributed by atoms with Gasteiger partial charge in [-0.3, -0.25) is 0 Å². The molecule has 6 heteroatoms. The Morgan fingerprint density at radius 3 is 3.28 bits per heavy atom. The van der Waals surface area contributed by atoms with Gasteiger partial charge in [0.15, 0.2) is 0 Å². The zero-order valence-corrected chi connectivity index (χ0v) is 10.4. The van der Waals surface area contributed by atoms with Crippen LogP contribution in [0.2, 0.25) is 0 Å². The molecular formula is C12H11N5S. The standard InChI is InChI=1S/C12H11N5S/c1-2-13-4-8-3-11(18-10(1)8)9-5-14-12-15-7-16-17(12)6-9/h3,5-7,13H,1-2,4H2. The summed E-state index contributed by atoms with van der Waals surface area (Å²) in [5.74, 6) is 0.640. The summed E-state index contributed by atoms with van der Waals surface area (Å²) in [5, 5.41) is 7.52. The number of nitrogens with one attached hydrogen (secondary N) is 1. The molecule has 1 aliphatic heterocycles. The van der Waals surface area contributed by atoms with Crippen LogP contribution in [0.25, 0.3) is 16.2 Å². The summed E-state index contributed by atoms with van der Waals surface area (Å²) in [4.78, 5) is 11.1. The molecule has 1 N–H and O–H groups in total. The van der Waals surface area contributed by atoms with Crippen LogP contribution in [0.4, 0.5) is 0 Å². The number of hydrogen-bond donors (Lipinski definition) is 1. The van der Waals surface area contributed by atoms with Gasteiger partial charge in [0.1, 0.15) is 6.33 Å². The van der Waals surface area contributed by atoms with Crippen molar-refractivity contribution in [2.45, 2.75) is 13.0 Å². The summed E-state index contributed by atoms with van der Waals surface area (Å²) in [6, 6.07) is 2.26. The summed E-state index contributed by atoms with van der Waals surface area (Å²) in [7, 11) is 0. The zero-order valence-electron chi connectivity index (χ0n) is 9.63. The highest BCUT2D eigenvalue weighted by Gasteiger charge is 2.14. The Hall–Kier alpha value is -1.79. The number of thiophene rings is 1. The van der Waals surface area contributed by atoms with Crippen molar-refractivity contribution in [1.82, 2.24) is 24.9 Å². The molecule has 0 aliphatic carbocycles. The summed E-state index contributed by atoms with van der Waals surface area (Å²) in [5.41, 5.74) is 2.52. The van der Waals surface area contributed by atoms with E-state index in [1.54, 1.807) is 4.52 Å². The fourth-order valence-electron chi connectivity index (χ4n) is 2.24. The van der Waals surface area contributed by atoms with E-state index in [2.05, 4.69) is 26.4 Å². The molecule has 0 fully saturated rings. The average Bonchev–Trinajstić information content (AvgIpc) is 3.04. The maximum atomic E-state index is 4.30. The Kier molecular flexibility index (Phi) is 2.18. The molecule has 0 spiro atoms. The van der Waals surface area contributed by atoms with Crippen LogP contribution in [0.5, 0.6) is 0 Å². The lowest BCUT2D eigenvalue weighted by molar-refractivity contribution is 0.653. The molecule has 3 aromatic rings. The number of nitrogens with zero attached hydrogens (tertiary/aromatic N) is 4. The monoisotopic (exact) mass is 257 g/mol. The zero-order chi connectivity index (χ0) is 11.9. The van der Waals surface area contributed by atoms with Crippen molar-refractivity contribution in [2.75, 3.05) is 6.54 Å². The van der Waals surface area contributed by atoms with Gasteiger partial charge in [0.05, 0.1) is 0 Å². The van der Waals surface area contributed by atoms with Crippen molar-refractivity contribution in [3.8, 4) is 10.4 Å². The van der Waals surface area contributed by atoms with Gasteiger partial charge in [-0.05, 0) is 18.1 Å². The molecular weight excluding hydrogens is 246 g/mol. The van der Waals surface area contributed by atoms with Crippen molar-refractivity contribution in [2.24, 2.45) is 0 Å². The van der Waals surface area contributed by atoms with Crippen LogP contribution >= 0.6 is 11.3 Å². The molecule has 0 unspecified atom stereocenters. The third-order valence-corrected chi connectivity index (χ3v) is 4.45. The second kappa shape index (κ2) is 3.86. The van der Waals surface area contributed by atoms with Gasteiger partial charge in [-0.25, -0.2) is 9.50 Å². The molecule has 0 saturated heterocycles. The number of aromatic nitrogens is 4. The third-order valence-electron chi connectivity index (χ3n) is 3.16. The maximum absolute atomic E-state index is 4.30. The average molecular weight is 257 g/mol. The van der Waals surface area contributed by atoms with Crippen LogP contribution in [0.3, 0.4) is 0 Å². The normalized spacial score (nSPS) is 14.9. The van der Waals surface area contributed by atoms with E-state index in [4.69, 9.17) is 0 Å². The van der Waals surface area contributed by atoms with Gasteiger partial charge in [0.2, 0.25) is 0 Å². The molecule has 0 bridgehead atoms. The lowest BCUT2D eigenvalue weighted by atomic mass is 10.1. The molecule has 5 nitrogen and oxygen atoms in total. The SMILES string of the molecule is c1nc2ncc(-c3cc4c(s3)CCNC4)cn2n1. The molecule has 4 heterocycles. The summed E-state index contributed by atoms with van der Waals surface area (Å²) in [6.07, 6.45) is 6.50. The minimum absolute atomic E-state index is 0.640. The second-order valence-corrected chi connectivity index (χ2v) is 5.47. The molecule has 1 aliphatic rings. The van der Waals surface area contributed by atoms with Crippen LogP contribution in [0.15, 0.2) is 24.8 Å². The largest absolute Gasteiger partial charge is 0.312 e. The molecule has 90 valence electrons. The first-order valence-corrected chi connectivity index (χ1v) is 6.70. The van der Waals surface area contributed by atoms with Gasteiger partial charge in [0, 0.05) is 40.8 Å². The first kappa shape index (κ1) is 10.2. The van der Waals surface area contributed by atoms with E-state index in [1.165, 1.54) is 21.6 Å². The topological polar surface area (TPSA) is 55.1 Å². The Morgan fingerprint density at radius 1 is 1.33 bits per heavy atom. The lowest BCUT2D eigenvalue weighted by Crippen LogP contribution is -2.21. The number of fused-ring (bicyclic) bond motifs is 2. The van der Waals surface area contributed by atoms with Crippen LogP contribution < -0.4 is 5.32 Å². The second-order valence-electron chi connectivity index (χ2n) is 4.33. The van der Waals surface area contributed by atoms with Crippen LogP contribution in [0.1, 0.15) is 10.4 Å². The predicted octanol–water partition coefficient (Wildman–Crippen LogP) is 1.50. The molecule has 0 radical (unpaired) electrons. The minimum Gasteiger partial charge on any atom is -0.312 e. The van der Waals surface area contributed by atoms with Crippen molar-refractivity contribution in [3.63, 3.8) is 0 Å². The summed E-state index contributed by atoms with van der Waals surface area (Å²) >= 11 is 1.86. The Morgan fingerprint density at radius 2 is 2.33 bits per heavy atom. The van der Waals surface area contributed by atoms with Crippen LogP contribution in [-0.2, 0) is 13.0 Å². The van der Waals surface area contributed by atoms with E-state index in [9.17, 15) is 0 Å². The Balaban J connectivity index is 1.83. The Bertz CT molecular complexity index is 691. The van der Waals surface area contributed by atoms with Crippen molar-refractivity contribution in [1.29, 1.82) is 0 Å². The van der Waals surface area contributed by atoms with E-state index < -0.39 is 0 Å². The fraction of sp³-hybridized carbons (Fsp3) is 0.250. The predicted molar refractivity (Wildman–Crippen MR) is 69.5 cm³/mol. The van der Waals surface area contributed by atoms with E-state index in [0.29, 0.717) is 5.78 Å². The van der Waals surface area contributed by atoms with Gasteiger partial charge in [-0.1, -0.05) is 0 Å². The molecule has 0 atom stereocenters. The highest BCUT2D eigenvalue weighted by atomic mass is 32.1. The molecule has 0 amide bonds. The first-order valence-electron chi connectivity index (χ1n) is 5.88. The van der Waals surface area contributed by atoms with E-state index in [0.717, 1.165) is 25.1 Å². The molecule has 0 aromatic carbocycles. The Labute approximate surface area is 108 Å². The lowest BCUT2D eigenvalue weighted by Gasteiger charge is -2.10. The van der Waals surface area contributed by atoms with Gasteiger partial charge in [-0.2, -0.15) is 10.1 Å². The quantitative estimate of drug-likeness (QED) is 0.717. The van der Waals surface area contributed by atoms with Crippen LogP contribution in [-0.4, -0.2) is 26.1 Å². The third kappa shape index (κ3) is 1.53. The van der Waals surface area contributed by atoms with Crippen molar-refractivity contribution in [3.05, 3.63) is 35.2 Å². The van der Waals surface area contributed by atoms with Gasteiger partial charge >= 0.3 is 0 Å². The number of rotatable bonds is 1. The highest BCUT2D eigenvalue weighted by molar-refractivity contribution is 7.15. The first-order chi connectivity index (χ1) is 8.90.